The minimum atomic E-state index is -4.38. The van der Waals surface area contributed by atoms with E-state index in [0.717, 1.165) is 18.9 Å². The molecule has 2 aliphatic rings. The molecule has 1 saturated heterocycles. The summed E-state index contributed by atoms with van der Waals surface area (Å²) in [5, 5.41) is 23.8. The summed E-state index contributed by atoms with van der Waals surface area (Å²) in [6.45, 7) is 4.48. The van der Waals surface area contributed by atoms with E-state index >= 15 is 0 Å². The average Bonchev–Trinajstić information content (AvgIpc) is 3.38. The molecule has 1 aromatic heterocycles. The zero-order valence-electron chi connectivity index (χ0n) is 17.8. The highest BCUT2D eigenvalue weighted by molar-refractivity contribution is 5.86. The van der Waals surface area contributed by atoms with E-state index in [1.54, 1.807) is 13.0 Å². The molecule has 2 fully saturated rings. The number of nitrogens with zero attached hydrogens (tertiary/aromatic N) is 3. The van der Waals surface area contributed by atoms with Crippen molar-refractivity contribution in [2.45, 2.75) is 51.9 Å². The van der Waals surface area contributed by atoms with Crippen molar-refractivity contribution in [3.05, 3.63) is 52.3 Å². The number of aliphatic hydroxyl groups excluding tert-OH is 1. The Hall–Kier alpha value is -2.43. The Bertz CT molecular complexity index is 993. The number of carbonyl (C=O) groups is 1. The molecule has 0 amide bonds. The van der Waals surface area contributed by atoms with Crippen molar-refractivity contribution in [2.75, 3.05) is 13.1 Å². The number of hydrogen-bond acceptors (Lipinski definition) is 5. The van der Waals surface area contributed by atoms with Gasteiger partial charge >= 0.3 is 12.1 Å². The predicted molar refractivity (Wildman–Crippen MR) is 108 cm³/mol. The van der Waals surface area contributed by atoms with E-state index in [-0.39, 0.29) is 24.0 Å². The highest BCUT2D eigenvalue weighted by Crippen LogP contribution is 2.41. The van der Waals surface area contributed by atoms with Crippen molar-refractivity contribution in [3.8, 4) is 0 Å². The molecule has 0 bridgehead atoms. The van der Waals surface area contributed by atoms with Crippen molar-refractivity contribution in [3.63, 3.8) is 0 Å². The number of ether oxygens (including phenoxy) is 1. The Labute approximate surface area is 183 Å². The lowest BCUT2D eigenvalue weighted by Crippen LogP contribution is -2.32. The molecule has 1 unspecified atom stereocenters. The Morgan fingerprint density at radius 2 is 1.91 bits per heavy atom. The lowest BCUT2D eigenvalue weighted by Gasteiger charge is -2.24. The number of halogens is 3. The van der Waals surface area contributed by atoms with Gasteiger partial charge in [0.05, 0.1) is 18.3 Å². The molecule has 0 spiro atoms. The number of rotatable bonds is 6. The smallest absolute Gasteiger partial charge is 0.416 e. The molecule has 4 rings (SSSR count). The average molecular weight is 453 g/mol. The van der Waals surface area contributed by atoms with Gasteiger partial charge < -0.3 is 14.9 Å². The van der Waals surface area contributed by atoms with Crippen molar-refractivity contribution in [1.82, 2.24) is 14.7 Å². The fourth-order valence-electron chi connectivity index (χ4n) is 4.94. The third-order valence-electron chi connectivity index (χ3n) is 6.64. The minimum absolute atomic E-state index is 0.0382. The molecule has 0 radical (unpaired) electrons. The zero-order valence-corrected chi connectivity index (χ0v) is 17.8. The van der Waals surface area contributed by atoms with Crippen molar-refractivity contribution in [2.24, 2.45) is 11.8 Å². The molecule has 2 N–H and O–H groups in total. The van der Waals surface area contributed by atoms with Crippen molar-refractivity contribution in [1.29, 1.82) is 0 Å². The molecular weight excluding hydrogens is 427 g/mol. The standard InChI is InChI=1S/C22H26F3N3O4/c1-12-8-28(26-19(12)20(29)30)21(31)27-9-15-6-17(7-16(15)10-27)32-11-14-4-3-5-18(13(14)2)22(23,24)25/h3-5,8,15-17,21,31H,6-7,9-11H2,1-2H3,(H,29,30)/t15-,16+,17+,21?. The Kier molecular flexibility index (Phi) is 6.04. The first-order chi connectivity index (χ1) is 15.0. The van der Waals surface area contributed by atoms with Crippen LogP contribution in [0.15, 0.2) is 24.4 Å². The van der Waals surface area contributed by atoms with E-state index in [4.69, 9.17) is 9.84 Å². The summed E-state index contributed by atoms with van der Waals surface area (Å²) in [4.78, 5) is 13.0. The maximum atomic E-state index is 13.1. The second kappa shape index (κ2) is 8.49. The fourth-order valence-corrected chi connectivity index (χ4v) is 4.94. The number of aromatic carboxylic acids is 1. The summed E-state index contributed by atoms with van der Waals surface area (Å²) in [6.07, 6.45) is -2.41. The van der Waals surface area contributed by atoms with Crippen LogP contribution in [0.4, 0.5) is 13.2 Å². The molecule has 2 heterocycles. The van der Waals surface area contributed by atoms with E-state index in [2.05, 4.69) is 5.10 Å². The van der Waals surface area contributed by atoms with Crippen LogP contribution in [-0.2, 0) is 17.5 Å². The lowest BCUT2D eigenvalue weighted by molar-refractivity contribution is -0.138. The molecule has 1 aliphatic carbocycles. The van der Waals surface area contributed by atoms with E-state index in [0.29, 0.717) is 36.1 Å². The summed E-state index contributed by atoms with van der Waals surface area (Å²) >= 11 is 0. The van der Waals surface area contributed by atoms with Gasteiger partial charge in [0.2, 0.25) is 6.35 Å². The molecule has 1 aliphatic heterocycles. The quantitative estimate of drug-likeness (QED) is 0.695. The molecule has 4 atom stereocenters. The second-order valence-electron chi connectivity index (χ2n) is 8.76. The van der Waals surface area contributed by atoms with Gasteiger partial charge in [0.1, 0.15) is 0 Å². The van der Waals surface area contributed by atoms with Gasteiger partial charge in [-0.25, -0.2) is 9.48 Å². The Morgan fingerprint density at radius 1 is 1.25 bits per heavy atom. The topological polar surface area (TPSA) is 87.8 Å². The molecular formula is C22H26F3N3O4. The van der Waals surface area contributed by atoms with Gasteiger partial charge in [0.15, 0.2) is 5.69 Å². The fraction of sp³-hybridized carbons (Fsp3) is 0.545. The largest absolute Gasteiger partial charge is 0.476 e. The molecule has 2 aromatic rings. The summed E-state index contributed by atoms with van der Waals surface area (Å²) < 4.78 is 46.6. The van der Waals surface area contributed by atoms with Crippen LogP contribution in [-0.4, -0.2) is 50.1 Å². The number of benzene rings is 1. The number of aromatic nitrogens is 2. The van der Waals surface area contributed by atoms with E-state index in [1.807, 2.05) is 4.90 Å². The number of aliphatic hydroxyl groups is 1. The number of aryl methyl sites for hydroxylation is 1. The first-order valence-corrected chi connectivity index (χ1v) is 10.5. The highest BCUT2D eigenvalue weighted by atomic mass is 19.4. The van der Waals surface area contributed by atoms with Crippen LogP contribution in [0.1, 0.15) is 51.9 Å². The number of carboxylic acids is 1. The van der Waals surface area contributed by atoms with Gasteiger partial charge in [-0.2, -0.15) is 18.3 Å². The van der Waals surface area contributed by atoms with Gasteiger partial charge in [-0.15, -0.1) is 0 Å². The number of alkyl halides is 3. The molecule has 7 nitrogen and oxygen atoms in total. The first kappa shape index (κ1) is 22.8. The highest BCUT2D eigenvalue weighted by Gasteiger charge is 2.43. The zero-order chi connectivity index (χ0) is 23.2. The van der Waals surface area contributed by atoms with Crippen LogP contribution < -0.4 is 0 Å². The molecule has 174 valence electrons. The summed E-state index contributed by atoms with van der Waals surface area (Å²) in [5.74, 6) is -0.538. The number of likely N-dealkylation sites (tertiary alicyclic amines) is 1. The number of hydrogen-bond donors (Lipinski definition) is 2. The monoisotopic (exact) mass is 453 g/mol. The summed E-state index contributed by atoms with van der Waals surface area (Å²) in [7, 11) is 0. The molecule has 10 heteroatoms. The van der Waals surface area contributed by atoms with Crippen molar-refractivity contribution < 1.29 is 32.9 Å². The van der Waals surface area contributed by atoms with Crippen LogP contribution in [0.5, 0.6) is 0 Å². The first-order valence-electron chi connectivity index (χ1n) is 10.5. The van der Waals surface area contributed by atoms with Crippen LogP contribution in [0.25, 0.3) is 0 Å². The number of carboxylic acid groups (broad SMARTS) is 1. The lowest BCUT2D eigenvalue weighted by atomic mass is 10.0. The van der Waals surface area contributed by atoms with Crippen LogP contribution in [0, 0.1) is 25.7 Å². The van der Waals surface area contributed by atoms with Crippen LogP contribution in [0.3, 0.4) is 0 Å². The van der Waals surface area contributed by atoms with E-state index in [1.165, 1.54) is 23.9 Å². The Balaban J connectivity index is 1.33. The normalized spacial score (nSPS) is 24.6. The maximum Gasteiger partial charge on any atom is 0.416 e. The second-order valence-corrected chi connectivity index (χ2v) is 8.76. The van der Waals surface area contributed by atoms with Gasteiger partial charge in [-0.1, -0.05) is 12.1 Å². The summed E-state index contributed by atoms with van der Waals surface area (Å²) in [6, 6.07) is 4.15. The Morgan fingerprint density at radius 3 is 2.47 bits per heavy atom. The van der Waals surface area contributed by atoms with Gasteiger partial charge in [0.25, 0.3) is 0 Å². The summed E-state index contributed by atoms with van der Waals surface area (Å²) in [5.41, 5.74) is 0.502. The van der Waals surface area contributed by atoms with Gasteiger partial charge in [-0.05, 0) is 55.7 Å². The van der Waals surface area contributed by atoms with Crippen LogP contribution >= 0.6 is 0 Å². The SMILES string of the molecule is Cc1cn(C(O)N2C[C@H]3C[C@H](OCc4cccc(C(F)(F)F)c4C)C[C@H]3C2)nc1C(=O)O. The maximum absolute atomic E-state index is 13.1. The van der Waals surface area contributed by atoms with Gasteiger partial charge in [0, 0.05) is 24.8 Å². The minimum Gasteiger partial charge on any atom is -0.476 e. The van der Waals surface area contributed by atoms with Crippen molar-refractivity contribution >= 4 is 5.97 Å². The van der Waals surface area contributed by atoms with E-state index in [9.17, 15) is 23.1 Å². The number of fused-ring (bicyclic) bond motifs is 1. The third-order valence-corrected chi connectivity index (χ3v) is 6.64. The van der Waals surface area contributed by atoms with Gasteiger partial charge in [-0.3, -0.25) is 4.90 Å². The molecule has 1 aromatic carbocycles. The van der Waals surface area contributed by atoms with E-state index < -0.39 is 24.1 Å². The third kappa shape index (κ3) is 4.39. The predicted octanol–water partition coefficient (Wildman–Crippen LogP) is 3.59. The molecule has 1 saturated carbocycles. The van der Waals surface area contributed by atoms with Crippen LogP contribution in [0.2, 0.25) is 0 Å². The molecule has 32 heavy (non-hydrogen) atoms.